The van der Waals surface area contributed by atoms with Crippen molar-refractivity contribution in [2.75, 3.05) is 32.1 Å². The minimum Gasteiger partial charge on any atom is -0.471 e. The van der Waals surface area contributed by atoms with Crippen LogP contribution in [0.3, 0.4) is 0 Å². The number of ether oxygens (including phenoxy) is 1. The van der Waals surface area contributed by atoms with Crippen LogP contribution in [0.25, 0.3) is 0 Å². The molecule has 1 aliphatic rings. The van der Waals surface area contributed by atoms with E-state index in [1.165, 1.54) is 17.3 Å². The first kappa shape index (κ1) is 16.2. The Morgan fingerprint density at radius 2 is 2.25 bits per heavy atom. The van der Waals surface area contributed by atoms with Crippen molar-refractivity contribution >= 4 is 11.7 Å². The summed E-state index contributed by atoms with van der Waals surface area (Å²) in [5, 5.41) is 12.1. The summed E-state index contributed by atoms with van der Waals surface area (Å²) in [5.74, 6) is 1.27. The zero-order chi connectivity index (χ0) is 16.9. The number of hydrogen-bond donors (Lipinski definition) is 0. The quantitative estimate of drug-likeness (QED) is 0.773. The Balaban J connectivity index is 1.56. The third-order valence-corrected chi connectivity index (χ3v) is 3.87. The van der Waals surface area contributed by atoms with Crippen LogP contribution in [0.4, 0.5) is 5.82 Å². The van der Waals surface area contributed by atoms with Gasteiger partial charge in [-0.25, -0.2) is 9.67 Å². The van der Waals surface area contributed by atoms with Crippen LogP contribution in [-0.4, -0.2) is 69.1 Å². The molecule has 1 atom stereocenters. The maximum Gasteiger partial charge on any atom is 0.244 e. The number of likely N-dealkylation sites (tertiary alicyclic amines) is 1. The monoisotopic (exact) mass is 331 g/mol. The maximum absolute atomic E-state index is 12.3. The predicted octanol–water partition coefficient (Wildman–Crippen LogP) is 0.204. The molecule has 2 aromatic rings. The Morgan fingerprint density at radius 3 is 2.92 bits per heavy atom. The van der Waals surface area contributed by atoms with E-state index in [1.807, 2.05) is 25.1 Å². The maximum atomic E-state index is 12.3. The molecule has 128 valence electrons. The number of aromatic nitrogens is 5. The van der Waals surface area contributed by atoms with Gasteiger partial charge >= 0.3 is 0 Å². The minimum atomic E-state index is -0.0713. The van der Waals surface area contributed by atoms with Gasteiger partial charge < -0.3 is 14.5 Å². The number of piperidine rings is 1. The number of hydrogen-bond acceptors (Lipinski definition) is 7. The molecular formula is C15H21N7O2. The summed E-state index contributed by atoms with van der Waals surface area (Å²) in [5.41, 5.74) is 0. The average molecular weight is 331 g/mol. The van der Waals surface area contributed by atoms with Crippen molar-refractivity contribution in [2.45, 2.75) is 25.5 Å². The van der Waals surface area contributed by atoms with Gasteiger partial charge in [-0.1, -0.05) is 0 Å². The van der Waals surface area contributed by atoms with Gasteiger partial charge in [0.25, 0.3) is 0 Å². The van der Waals surface area contributed by atoms with E-state index in [4.69, 9.17) is 4.74 Å². The van der Waals surface area contributed by atoms with Crippen LogP contribution in [0.15, 0.2) is 24.8 Å². The molecule has 0 aromatic carbocycles. The number of rotatable bonds is 5. The lowest BCUT2D eigenvalue weighted by atomic mass is 10.1. The Labute approximate surface area is 140 Å². The van der Waals surface area contributed by atoms with Crippen molar-refractivity contribution in [2.24, 2.45) is 0 Å². The van der Waals surface area contributed by atoms with Gasteiger partial charge in [0, 0.05) is 26.7 Å². The second-order valence-electron chi connectivity index (χ2n) is 5.94. The molecular weight excluding hydrogens is 310 g/mol. The topological polar surface area (TPSA) is 89.3 Å². The van der Waals surface area contributed by atoms with Crippen molar-refractivity contribution in [3.8, 4) is 5.88 Å². The summed E-state index contributed by atoms with van der Waals surface area (Å²) < 4.78 is 7.41. The van der Waals surface area contributed by atoms with Crippen LogP contribution >= 0.6 is 0 Å². The van der Waals surface area contributed by atoms with E-state index in [2.05, 4.69) is 20.3 Å². The smallest absolute Gasteiger partial charge is 0.244 e. The zero-order valence-electron chi connectivity index (χ0n) is 13.9. The molecule has 0 N–H and O–H groups in total. The summed E-state index contributed by atoms with van der Waals surface area (Å²) >= 11 is 0. The first-order valence-corrected chi connectivity index (χ1v) is 7.90. The fourth-order valence-corrected chi connectivity index (χ4v) is 2.60. The molecule has 0 saturated carbocycles. The summed E-state index contributed by atoms with van der Waals surface area (Å²) in [6.07, 6.45) is 4.68. The fourth-order valence-electron chi connectivity index (χ4n) is 2.60. The van der Waals surface area contributed by atoms with E-state index in [9.17, 15) is 4.79 Å². The molecule has 1 amide bonds. The average Bonchev–Trinajstić information content (AvgIpc) is 3.08. The molecule has 1 saturated heterocycles. The van der Waals surface area contributed by atoms with Gasteiger partial charge in [-0.2, -0.15) is 5.10 Å². The highest BCUT2D eigenvalue weighted by molar-refractivity contribution is 5.76. The second-order valence-corrected chi connectivity index (χ2v) is 5.94. The largest absolute Gasteiger partial charge is 0.471 e. The van der Waals surface area contributed by atoms with Gasteiger partial charge in [-0.15, -0.1) is 10.2 Å². The number of carbonyl (C=O) groups is 1. The molecule has 0 radical (unpaired) electrons. The highest BCUT2D eigenvalue weighted by Gasteiger charge is 2.25. The lowest BCUT2D eigenvalue weighted by Gasteiger charge is -2.32. The Hall–Kier alpha value is -2.71. The lowest BCUT2D eigenvalue weighted by molar-refractivity contribution is -0.134. The van der Waals surface area contributed by atoms with Crippen molar-refractivity contribution in [1.82, 2.24) is 29.9 Å². The molecule has 0 aliphatic carbocycles. The lowest BCUT2D eigenvalue weighted by Crippen LogP contribution is -2.45. The minimum absolute atomic E-state index is 0.0165. The van der Waals surface area contributed by atoms with Crippen molar-refractivity contribution in [3.05, 3.63) is 24.8 Å². The first-order chi connectivity index (χ1) is 11.6. The van der Waals surface area contributed by atoms with Gasteiger partial charge in [0.2, 0.25) is 11.8 Å². The SMILES string of the molecule is CN(C)c1ccc(OC2CCCN(C(=O)Cn3cncn3)C2)nn1. The second kappa shape index (κ2) is 7.24. The summed E-state index contributed by atoms with van der Waals surface area (Å²) in [6, 6.07) is 3.66. The normalized spacial score (nSPS) is 17.6. The molecule has 2 aromatic heterocycles. The molecule has 24 heavy (non-hydrogen) atoms. The van der Waals surface area contributed by atoms with E-state index in [1.54, 1.807) is 11.0 Å². The zero-order valence-corrected chi connectivity index (χ0v) is 13.9. The third kappa shape index (κ3) is 3.98. The number of amides is 1. The molecule has 3 heterocycles. The summed E-state index contributed by atoms with van der Waals surface area (Å²) in [7, 11) is 3.81. The Morgan fingerprint density at radius 1 is 1.38 bits per heavy atom. The third-order valence-electron chi connectivity index (χ3n) is 3.87. The molecule has 9 nitrogen and oxygen atoms in total. The van der Waals surface area contributed by atoms with Crippen molar-refractivity contribution in [1.29, 1.82) is 0 Å². The van der Waals surface area contributed by atoms with Crippen molar-refractivity contribution < 1.29 is 9.53 Å². The Bertz CT molecular complexity index is 657. The van der Waals surface area contributed by atoms with Gasteiger partial charge in [0.1, 0.15) is 25.3 Å². The summed E-state index contributed by atoms with van der Waals surface area (Å²) in [6.45, 7) is 1.48. The van der Waals surface area contributed by atoms with Crippen LogP contribution in [0, 0.1) is 0 Å². The number of nitrogens with zero attached hydrogens (tertiary/aromatic N) is 7. The molecule has 0 bridgehead atoms. The van der Waals surface area contributed by atoms with Gasteiger partial charge in [0.05, 0.1) is 6.54 Å². The van der Waals surface area contributed by atoms with E-state index in [0.717, 1.165) is 25.2 Å². The van der Waals surface area contributed by atoms with Crippen LogP contribution in [0.5, 0.6) is 5.88 Å². The standard InChI is InChI=1S/C15H21N7O2/c1-20(2)13-5-6-14(19-18-13)24-12-4-3-7-21(8-12)15(23)9-22-11-16-10-17-22/h5-6,10-12H,3-4,7-9H2,1-2H3. The van der Waals surface area contributed by atoms with E-state index in [0.29, 0.717) is 12.4 Å². The highest BCUT2D eigenvalue weighted by atomic mass is 16.5. The van der Waals surface area contributed by atoms with E-state index >= 15 is 0 Å². The molecule has 1 aliphatic heterocycles. The Kier molecular flexibility index (Phi) is 4.88. The molecule has 9 heteroatoms. The molecule has 1 fully saturated rings. The van der Waals surface area contributed by atoms with Crippen LogP contribution in [0.2, 0.25) is 0 Å². The molecule has 0 spiro atoms. The van der Waals surface area contributed by atoms with Gasteiger partial charge in [-0.05, 0) is 18.9 Å². The van der Waals surface area contributed by atoms with Crippen LogP contribution < -0.4 is 9.64 Å². The summed E-state index contributed by atoms with van der Waals surface area (Å²) in [4.78, 5) is 19.9. The van der Waals surface area contributed by atoms with Crippen molar-refractivity contribution in [3.63, 3.8) is 0 Å². The fraction of sp³-hybridized carbons (Fsp3) is 0.533. The van der Waals surface area contributed by atoms with Crippen LogP contribution in [-0.2, 0) is 11.3 Å². The van der Waals surface area contributed by atoms with E-state index in [-0.39, 0.29) is 18.6 Å². The predicted molar refractivity (Wildman–Crippen MR) is 86.6 cm³/mol. The number of anilines is 1. The molecule has 3 rings (SSSR count). The van der Waals surface area contributed by atoms with Gasteiger partial charge in [0.15, 0.2) is 5.82 Å². The molecule has 1 unspecified atom stereocenters. The highest BCUT2D eigenvalue weighted by Crippen LogP contribution is 2.18. The van der Waals surface area contributed by atoms with E-state index < -0.39 is 0 Å². The number of carbonyl (C=O) groups excluding carboxylic acids is 1. The van der Waals surface area contributed by atoms with Gasteiger partial charge in [-0.3, -0.25) is 4.79 Å². The van der Waals surface area contributed by atoms with Crippen LogP contribution in [0.1, 0.15) is 12.8 Å². The first-order valence-electron chi connectivity index (χ1n) is 7.90.